The number of nitrogens with zero attached hydrogens (tertiary/aromatic N) is 1. The van der Waals surface area contributed by atoms with E-state index in [-0.39, 0.29) is 42.4 Å². The highest BCUT2D eigenvalue weighted by Gasteiger charge is 2.28. The van der Waals surface area contributed by atoms with Gasteiger partial charge in [-0.25, -0.2) is 0 Å². The van der Waals surface area contributed by atoms with E-state index in [1.807, 2.05) is 6.07 Å². The van der Waals surface area contributed by atoms with E-state index in [2.05, 4.69) is 24.1 Å². The second-order valence-corrected chi connectivity index (χ2v) is 5.36. The van der Waals surface area contributed by atoms with Crippen LogP contribution in [0.25, 0.3) is 0 Å². The lowest BCUT2D eigenvalue weighted by atomic mass is 9.90. The summed E-state index contributed by atoms with van der Waals surface area (Å²) in [5.74, 6) is 0.779. The third-order valence-electron chi connectivity index (χ3n) is 4.06. The van der Waals surface area contributed by atoms with Crippen LogP contribution < -0.4 is 5.32 Å². The van der Waals surface area contributed by atoms with Crippen LogP contribution in [0.4, 0.5) is 0 Å². The molecular weight excluding hydrogens is 311 g/mol. The highest BCUT2D eigenvalue weighted by Crippen LogP contribution is 2.37. The van der Waals surface area contributed by atoms with Crippen LogP contribution in [0.15, 0.2) is 18.2 Å². The van der Waals surface area contributed by atoms with Crippen molar-refractivity contribution in [2.75, 3.05) is 26.2 Å². The number of piperazine rings is 1. The molecule has 4 nitrogen and oxygen atoms in total. The standard InChI is InChI=1S/C15H24N2O2.2ClH/c1-3-11(2)15(17-8-6-16-7-9-17)13-5-4-12(18)10-14(13)19;;/h4-5,10-11,15-16,18-19H,3,6-9H2,1-2H3;2*1H/t11?,15-;;/m0../s1. The predicted molar refractivity (Wildman–Crippen MR) is 90.9 cm³/mol. The molecule has 1 aromatic carbocycles. The number of phenols is 2. The maximum Gasteiger partial charge on any atom is 0.124 e. The van der Waals surface area contributed by atoms with E-state index in [0.29, 0.717) is 5.92 Å². The normalized spacial score (nSPS) is 18.2. The van der Waals surface area contributed by atoms with Gasteiger partial charge in [0.25, 0.3) is 0 Å². The molecule has 2 rings (SSSR count). The largest absolute Gasteiger partial charge is 0.508 e. The number of hydrogen-bond acceptors (Lipinski definition) is 4. The Kier molecular flexibility index (Phi) is 9.06. The number of rotatable bonds is 4. The summed E-state index contributed by atoms with van der Waals surface area (Å²) in [5, 5.41) is 22.9. The summed E-state index contributed by atoms with van der Waals surface area (Å²) in [6, 6.07) is 5.16. The minimum absolute atomic E-state index is 0. The first-order valence-electron chi connectivity index (χ1n) is 7.10. The maximum atomic E-state index is 10.1. The molecular formula is C15H26Cl2N2O2. The van der Waals surface area contributed by atoms with Crippen molar-refractivity contribution >= 4 is 24.8 Å². The minimum Gasteiger partial charge on any atom is -0.508 e. The lowest BCUT2D eigenvalue weighted by molar-refractivity contribution is 0.126. The Morgan fingerprint density at radius 2 is 1.81 bits per heavy atom. The predicted octanol–water partition coefficient (Wildman–Crippen LogP) is 2.93. The van der Waals surface area contributed by atoms with Gasteiger partial charge in [0.15, 0.2) is 0 Å². The van der Waals surface area contributed by atoms with Crippen LogP contribution in [-0.2, 0) is 0 Å². The molecule has 0 amide bonds. The van der Waals surface area contributed by atoms with Crippen LogP contribution in [0.2, 0.25) is 0 Å². The SMILES string of the molecule is CCC(C)[C@@H](c1ccc(O)cc1O)N1CCNCC1.Cl.Cl. The fourth-order valence-corrected chi connectivity index (χ4v) is 2.83. The number of aromatic hydroxyl groups is 2. The summed E-state index contributed by atoms with van der Waals surface area (Å²) in [6.07, 6.45) is 1.06. The molecule has 0 spiro atoms. The molecule has 0 saturated carbocycles. The van der Waals surface area contributed by atoms with Gasteiger partial charge in [0.2, 0.25) is 0 Å². The van der Waals surface area contributed by atoms with E-state index in [4.69, 9.17) is 0 Å². The summed E-state index contributed by atoms with van der Waals surface area (Å²) in [6.45, 7) is 8.37. The van der Waals surface area contributed by atoms with Gasteiger partial charge in [-0.05, 0) is 12.0 Å². The van der Waals surface area contributed by atoms with Crippen LogP contribution in [0.3, 0.4) is 0 Å². The fraction of sp³-hybridized carbons (Fsp3) is 0.600. The zero-order chi connectivity index (χ0) is 13.8. The Hall–Kier alpha value is -0.680. The molecule has 6 heteroatoms. The van der Waals surface area contributed by atoms with E-state index in [1.165, 1.54) is 6.07 Å². The number of phenolic OH excluding ortho intramolecular Hbond substituents is 2. The van der Waals surface area contributed by atoms with E-state index < -0.39 is 0 Å². The van der Waals surface area contributed by atoms with E-state index in [9.17, 15) is 10.2 Å². The molecule has 0 radical (unpaired) electrons. The average molecular weight is 337 g/mol. The third kappa shape index (κ3) is 4.92. The molecule has 122 valence electrons. The quantitative estimate of drug-likeness (QED) is 0.791. The Bertz CT molecular complexity index is 426. The average Bonchev–Trinajstić information content (AvgIpc) is 2.42. The van der Waals surface area contributed by atoms with Crippen LogP contribution in [-0.4, -0.2) is 41.3 Å². The van der Waals surface area contributed by atoms with Gasteiger partial charge in [-0.15, -0.1) is 24.8 Å². The van der Waals surface area contributed by atoms with Gasteiger partial charge >= 0.3 is 0 Å². The molecule has 1 fully saturated rings. The molecule has 1 aliphatic rings. The lowest BCUT2D eigenvalue weighted by Crippen LogP contribution is -2.46. The Morgan fingerprint density at radius 3 is 2.33 bits per heavy atom. The van der Waals surface area contributed by atoms with Gasteiger partial charge in [0.1, 0.15) is 11.5 Å². The molecule has 0 bridgehead atoms. The van der Waals surface area contributed by atoms with Crippen molar-refractivity contribution in [2.45, 2.75) is 26.3 Å². The highest BCUT2D eigenvalue weighted by molar-refractivity contribution is 5.85. The molecule has 1 unspecified atom stereocenters. The summed E-state index contributed by atoms with van der Waals surface area (Å²) in [7, 11) is 0. The van der Waals surface area contributed by atoms with Gasteiger partial charge in [-0.3, -0.25) is 4.90 Å². The molecule has 1 aliphatic heterocycles. The molecule has 3 N–H and O–H groups in total. The molecule has 2 atom stereocenters. The van der Waals surface area contributed by atoms with E-state index in [1.54, 1.807) is 6.07 Å². The zero-order valence-electron chi connectivity index (χ0n) is 12.6. The van der Waals surface area contributed by atoms with Gasteiger partial charge < -0.3 is 15.5 Å². The van der Waals surface area contributed by atoms with Crippen molar-refractivity contribution in [1.82, 2.24) is 10.2 Å². The monoisotopic (exact) mass is 336 g/mol. The Morgan fingerprint density at radius 1 is 1.19 bits per heavy atom. The number of halogens is 2. The number of nitrogens with one attached hydrogen (secondary N) is 1. The van der Waals surface area contributed by atoms with Crippen molar-refractivity contribution in [3.8, 4) is 11.5 Å². The molecule has 1 aromatic rings. The second kappa shape index (κ2) is 9.36. The molecule has 21 heavy (non-hydrogen) atoms. The Balaban J connectivity index is 0.00000200. The number of benzene rings is 1. The second-order valence-electron chi connectivity index (χ2n) is 5.36. The van der Waals surface area contributed by atoms with Gasteiger partial charge in [-0.1, -0.05) is 26.3 Å². The first-order valence-corrected chi connectivity index (χ1v) is 7.10. The van der Waals surface area contributed by atoms with E-state index >= 15 is 0 Å². The summed E-state index contributed by atoms with van der Waals surface area (Å²) < 4.78 is 0. The van der Waals surface area contributed by atoms with Gasteiger partial charge in [0, 0.05) is 43.9 Å². The van der Waals surface area contributed by atoms with Crippen molar-refractivity contribution < 1.29 is 10.2 Å². The Labute approximate surface area is 139 Å². The summed E-state index contributed by atoms with van der Waals surface area (Å²) >= 11 is 0. The first kappa shape index (κ1) is 20.3. The maximum absolute atomic E-state index is 10.1. The van der Waals surface area contributed by atoms with Crippen LogP contribution >= 0.6 is 24.8 Å². The summed E-state index contributed by atoms with van der Waals surface area (Å²) in [4.78, 5) is 2.43. The molecule has 0 aliphatic carbocycles. The van der Waals surface area contributed by atoms with Crippen molar-refractivity contribution in [2.24, 2.45) is 5.92 Å². The topological polar surface area (TPSA) is 55.7 Å². The third-order valence-corrected chi connectivity index (χ3v) is 4.06. The van der Waals surface area contributed by atoms with Gasteiger partial charge in [0.05, 0.1) is 0 Å². The fourth-order valence-electron chi connectivity index (χ4n) is 2.83. The lowest BCUT2D eigenvalue weighted by Gasteiger charge is -2.38. The van der Waals surface area contributed by atoms with Gasteiger partial charge in [-0.2, -0.15) is 0 Å². The molecule has 1 saturated heterocycles. The van der Waals surface area contributed by atoms with E-state index in [0.717, 1.165) is 38.2 Å². The van der Waals surface area contributed by atoms with Crippen LogP contribution in [0.5, 0.6) is 11.5 Å². The smallest absolute Gasteiger partial charge is 0.124 e. The van der Waals surface area contributed by atoms with Crippen LogP contribution in [0, 0.1) is 5.92 Å². The number of hydrogen-bond donors (Lipinski definition) is 3. The molecule has 0 aromatic heterocycles. The zero-order valence-corrected chi connectivity index (χ0v) is 14.2. The van der Waals surface area contributed by atoms with Crippen LogP contribution in [0.1, 0.15) is 31.9 Å². The van der Waals surface area contributed by atoms with Crippen molar-refractivity contribution in [1.29, 1.82) is 0 Å². The minimum atomic E-state index is 0. The summed E-state index contributed by atoms with van der Waals surface area (Å²) in [5.41, 5.74) is 0.925. The highest BCUT2D eigenvalue weighted by atomic mass is 35.5. The van der Waals surface area contributed by atoms with Crippen molar-refractivity contribution in [3.05, 3.63) is 23.8 Å². The molecule has 1 heterocycles. The first-order chi connectivity index (χ1) is 9.13. The van der Waals surface area contributed by atoms with Crippen molar-refractivity contribution in [3.63, 3.8) is 0 Å².